The molecule has 7 nitrogen and oxygen atoms in total. The maximum atomic E-state index is 11.6. The molecule has 0 saturated heterocycles. The van der Waals surface area contributed by atoms with Gasteiger partial charge in [0.1, 0.15) is 6.04 Å². The largest absolute Gasteiger partial charge is 0.480 e. The number of nitrogens with zero attached hydrogens (tertiary/aromatic N) is 1. The molecular weight excluding hydrogens is 228 g/mol. The van der Waals surface area contributed by atoms with Crippen molar-refractivity contribution in [2.45, 2.75) is 12.5 Å². The van der Waals surface area contributed by atoms with E-state index in [1.54, 1.807) is 0 Å². The summed E-state index contributed by atoms with van der Waals surface area (Å²) in [6.07, 6.45) is -0.472. The van der Waals surface area contributed by atoms with Gasteiger partial charge in [-0.1, -0.05) is 12.1 Å². The number of hydrogen-bond donors (Lipinski definition) is 2. The van der Waals surface area contributed by atoms with Crippen LogP contribution in [0, 0.1) is 10.1 Å². The Kier molecular flexibility index (Phi) is 3.89. The van der Waals surface area contributed by atoms with E-state index in [9.17, 15) is 19.7 Å². The molecule has 0 fully saturated rings. The average Bonchev–Trinajstić information content (AvgIpc) is 2.28. The maximum absolute atomic E-state index is 11.6. The lowest BCUT2D eigenvalue weighted by Crippen LogP contribution is -2.32. The fraction of sp³-hybridized carbons (Fsp3) is 0.200. The van der Waals surface area contributed by atoms with Crippen molar-refractivity contribution in [1.29, 1.82) is 0 Å². The number of Topliss-reactive ketones (excluding diaryl/α,β-unsaturated/α-hetero) is 1. The quantitative estimate of drug-likeness (QED) is 0.439. The monoisotopic (exact) mass is 238 g/mol. The van der Waals surface area contributed by atoms with Crippen LogP contribution in [0.1, 0.15) is 16.8 Å². The van der Waals surface area contributed by atoms with Gasteiger partial charge in [0.05, 0.1) is 10.5 Å². The van der Waals surface area contributed by atoms with Crippen LogP contribution >= 0.6 is 0 Å². The normalized spacial score (nSPS) is 11.8. The van der Waals surface area contributed by atoms with E-state index in [2.05, 4.69) is 0 Å². The minimum Gasteiger partial charge on any atom is -0.480 e. The van der Waals surface area contributed by atoms with E-state index in [1.807, 2.05) is 0 Å². The number of carboxylic acids is 1. The van der Waals surface area contributed by atoms with E-state index in [0.29, 0.717) is 0 Å². The molecule has 7 heteroatoms. The van der Waals surface area contributed by atoms with Gasteiger partial charge >= 0.3 is 5.97 Å². The predicted octanol–water partition coefficient (Wildman–Crippen LogP) is 0.580. The molecule has 1 rings (SSSR count). The lowest BCUT2D eigenvalue weighted by Gasteiger charge is -2.05. The van der Waals surface area contributed by atoms with E-state index >= 15 is 0 Å². The SMILES string of the molecule is N[C@@H](CC(=O)c1ccccc1[N+](=O)[O-])C(=O)O. The highest BCUT2D eigenvalue weighted by Gasteiger charge is 2.23. The van der Waals surface area contributed by atoms with Crippen molar-refractivity contribution >= 4 is 17.4 Å². The van der Waals surface area contributed by atoms with Crippen LogP contribution in [0.4, 0.5) is 5.69 Å². The first-order valence-electron chi connectivity index (χ1n) is 4.68. The van der Waals surface area contributed by atoms with E-state index in [0.717, 1.165) is 0 Å². The Morgan fingerprint density at radius 1 is 1.41 bits per heavy atom. The van der Waals surface area contributed by atoms with Gasteiger partial charge in [-0.3, -0.25) is 19.7 Å². The molecule has 17 heavy (non-hydrogen) atoms. The number of para-hydroxylation sites is 1. The van der Waals surface area contributed by atoms with Crippen LogP contribution in [0.15, 0.2) is 24.3 Å². The standard InChI is InChI=1S/C10H10N2O5/c11-7(10(14)15)5-9(13)6-3-1-2-4-8(6)12(16)17/h1-4,7H,5,11H2,(H,14,15)/t7-/m0/s1. The Bertz CT molecular complexity index is 472. The van der Waals surface area contributed by atoms with Crippen LogP contribution in [0.2, 0.25) is 0 Å². The molecule has 0 unspecified atom stereocenters. The molecule has 0 aliphatic heterocycles. The summed E-state index contributed by atoms with van der Waals surface area (Å²) in [4.78, 5) is 32.1. The van der Waals surface area contributed by atoms with Crippen LogP contribution in [-0.2, 0) is 4.79 Å². The summed E-state index contributed by atoms with van der Waals surface area (Å²) in [6, 6.07) is 3.98. The number of rotatable bonds is 5. The first-order chi connectivity index (χ1) is 7.93. The summed E-state index contributed by atoms with van der Waals surface area (Å²) in [5.74, 6) is -1.98. The van der Waals surface area contributed by atoms with E-state index in [-0.39, 0.29) is 11.3 Å². The highest BCUT2D eigenvalue weighted by molar-refractivity contribution is 6.01. The highest BCUT2D eigenvalue weighted by Crippen LogP contribution is 2.19. The smallest absolute Gasteiger partial charge is 0.320 e. The summed E-state index contributed by atoms with van der Waals surface area (Å²) in [7, 11) is 0. The summed E-state index contributed by atoms with van der Waals surface area (Å²) >= 11 is 0. The number of ketones is 1. The molecule has 0 saturated carbocycles. The fourth-order valence-corrected chi connectivity index (χ4v) is 1.27. The van der Waals surface area contributed by atoms with Gasteiger partial charge in [0.15, 0.2) is 5.78 Å². The number of carbonyl (C=O) groups excluding carboxylic acids is 1. The zero-order valence-corrected chi connectivity index (χ0v) is 8.70. The first kappa shape index (κ1) is 12.8. The third-order valence-corrected chi connectivity index (χ3v) is 2.12. The number of benzene rings is 1. The lowest BCUT2D eigenvalue weighted by molar-refractivity contribution is -0.385. The topological polar surface area (TPSA) is 124 Å². The van der Waals surface area contributed by atoms with Gasteiger partial charge in [0.25, 0.3) is 5.69 Å². The third kappa shape index (κ3) is 3.08. The molecule has 0 aliphatic rings. The predicted molar refractivity (Wildman–Crippen MR) is 57.7 cm³/mol. The molecule has 90 valence electrons. The Hall–Kier alpha value is -2.28. The van der Waals surface area contributed by atoms with E-state index < -0.39 is 29.1 Å². The number of carbonyl (C=O) groups is 2. The molecule has 0 aliphatic carbocycles. The summed E-state index contributed by atoms with van der Waals surface area (Å²) in [6.45, 7) is 0. The van der Waals surface area contributed by atoms with Gasteiger partial charge in [0.2, 0.25) is 0 Å². The zero-order valence-electron chi connectivity index (χ0n) is 8.70. The summed E-state index contributed by atoms with van der Waals surface area (Å²) in [5, 5.41) is 19.2. The van der Waals surface area contributed by atoms with Crippen LogP contribution in [0.25, 0.3) is 0 Å². The Morgan fingerprint density at radius 2 is 2.00 bits per heavy atom. The number of aliphatic carboxylic acids is 1. The van der Waals surface area contributed by atoms with Gasteiger partial charge in [-0.05, 0) is 6.07 Å². The molecule has 0 radical (unpaired) electrons. The van der Waals surface area contributed by atoms with Crippen molar-refractivity contribution in [2.75, 3.05) is 0 Å². The fourth-order valence-electron chi connectivity index (χ4n) is 1.27. The number of carboxylic acid groups (broad SMARTS) is 1. The Labute approximate surface area is 96.0 Å². The molecule has 1 aromatic rings. The Balaban J connectivity index is 2.97. The van der Waals surface area contributed by atoms with Crippen molar-refractivity contribution in [2.24, 2.45) is 5.73 Å². The summed E-state index contributed by atoms with van der Waals surface area (Å²) < 4.78 is 0. The highest BCUT2D eigenvalue weighted by atomic mass is 16.6. The van der Waals surface area contributed by atoms with Crippen molar-refractivity contribution in [3.8, 4) is 0 Å². The van der Waals surface area contributed by atoms with Crippen molar-refractivity contribution < 1.29 is 19.6 Å². The number of nitro benzene ring substituents is 1. The molecule has 0 aromatic heterocycles. The third-order valence-electron chi connectivity index (χ3n) is 2.12. The molecule has 1 atom stereocenters. The lowest BCUT2D eigenvalue weighted by atomic mass is 10.0. The van der Waals surface area contributed by atoms with Gasteiger partial charge in [-0.25, -0.2) is 0 Å². The maximum Gasteiger partial charge on any atom is 0.320 e. The second kappa shape index (κ2) is 5.17. The van der Waals surface area contributed by atoms with Crippen LogP contribution in [0.3, 0.4) is 0 Å². The molecule has 0 heterocycles. The molecule has 1 aromatic carbocycles. The van der Waals surface area contributed by atoms with Crippen LogP contribution in [-0.4, -0.2) is 27.8 Å². The Morgan fingerprint density at radius 3 is 2.53 bits per heavy atom. The number of hydrogen-bond acceptors (Lipinski definition) is 5. The van der Waals surface area contributed by atoms with Gasteiger partial charge < -0.3 is 10.8 Å². The van der Waals surface area contributed by atoms with Crippen molar-refractivity contribution in [3.63, 3.8) is 0 Å². The van der Waals surface area contributed by atoms with E-state index in [4.69, 9.17) is 10.8 Å². The van der Waals surface area contributed by atoms with Crippen LogP contribution < -0.4 is 5.73 Å². The zero-order chi connectivity index (χ0) is 13.0. The molecule has 0 amide bonds. The molecule has 0 spiro atoms. The van der Waals surface area contributed by atoms with Gasteiger partial charge in [-0.2, -0.15) is 0 Å². The van der Waals surface area contributed by atoms with Crippen molar-refractivity contribution in [3.05, 3.63) is 39.9 Å². The number of nitro groups is 1. The minimum atomic E-state index is -1.36. The average molecular weight is 238 g/mol. The van der Waals surface area contributed by atoms with E-state index in [1.165, 1.54) is 24.3 Å². The molecular formula is C10H10N2O5. The van der Waals surface area contributed by atoms with Gasteiger partial charge in [-0.15, -0.1) is 0 Å². The molecule has 3 N–H and O–H groups in total. The van der Waals surface area contributed by atoms with Gasteiger partial charge in [0, 0.05) is 12.5 Å². The second-order valence-electron chi connectivity index (χ2n) is 3.35. The minimum absolute atomic E-state index is 0.130. The summed E-state index contributed by atoms with van der Waals surface area (Å²) in [5.41, 5.74) is 4.71. The number of nitrogens with two attached hydrogens (primary N) is 1. The second-order valence-corrected chi connectivity index (χ2v) is 3.35. The molecule has 0 bridgehead atoms. The first-order valence-corrected chi connectivity index (χ1v) is 4.68. The van der Waals surface area contributed by atoms with Crippen molar-refractivity contribution in [1.82, 2.24) is 0 Å². The van der Waals surface area contributed by atoms with Crippen LogP contribution in [0.5, 0.6) is 0 Å².